The van der Waals surface area contributed by atoms with Crippen LogP contribution in [0.4, 0.5) is 0 Å². The van der Waals surface area contributed by atoms with E-state index >= 15 is 0 Å². The minimum atomic E-state index is -1.28. The third kappa shape index (κ3) is 2.20. The summed E-state index contributed by atoms with van der Waals surface area (Å²) in [5.41, 5.74) is 0. The smallest absolute Gasteiger partial charge is 0.209 e. The fraction of sp³-hybridized carbons (Fsp3) is 0.778. The number of rotatable bonds is 1. The van der Waals surface area contributed by atoms with Crippen LogP contribution in [0.5, 0.6) is 0 Å². The van der Waals surface area contributed by atoms with E-state index in [9.17, 15) is 0 Å². The monoisotopic (exact) mass is 186 g/mol. The molecule has 1 unspecified atom stereocenters. The lowest BCUT2D eigenvalue weighted by Crippen LogP contribution is -2.32. The zero-order valence-corrected chi connectivity index (χ0v) is 8.37. The summed E-state index contributed by atoms with van der Waals surface area (Å²) in [5, 5.41) is 0. The van der Waals surface area contributed by atoms with Crippen LogP contribution in [0.25, 0.3) is 0 Å². The van der Waals surface area contributed by atoms with Crippen LogP contribution in [0.3, 0.4) is 0 Å². The molecule has 0 aliphatic carbocycles. The van der Waals surface area contributed by atoms with Gasteiger partial charge in [-0.05, 0) is 5.92 Å². The SMILES string of the molecule is [2H]C1N=C(OC)[C@]([2H])(C(C)C)N=C1OC. The fourth-order valence-electron chi connectivity index (χ4n) is 1.01. The van der Waals surface area contributed by atoms with Gasteiger partial charge in [0.25, 0.3) is 0 Å². The molecule has 74 valence electrons. The van der Waals surface area contributed by atoms with Crippen LogP contribution in [0.1, 0.15) is 16.6 Å². The second kappa shape index (κ2) is 4.25. The number of hydrogen-bond acceptors (Lipinski definition) is 4. The Labute approximate surface area is 81.5 Å². The van der Waals surface area contributed by atoms with Gasteiger partial charge in [-0.15, -0.1) is 0 Å². The predicted molar refractivity (Wildman–Crippen MR) is 52.4 cm³/mol. The topological polar surface area (TPSA) is 43.2 Å². The van der Waals surface area contributed by atoms with Crippen molar-refractivity contribution in [3.63, 3.8) is 0 Å². The van der Waals surface area contributed by atoms with Crippen LogP contribution in [0.15, 0.2) is 9.98 Å². The Morgan fingerprint density at radius 3 is 2.69 bits per heavy atom. The van der Waals surface area contributed by atoms with E-state index < -0.39 is 12.5 Å². The molecule has 1 aliphatic rings. The minimum Gasteiger partial charge on any atom is -0.483 e. The van der Waals surface area contributed by atoms with E-state index in [1.54, 1.807) is 0 Å². The largest absolute Gasteiger partial charge is 0.483 e. The van der Waals surface area contributed by atoms with Crippen molar-refractivity contribution in [3.8, 4) is 0 Å². The molecule has 0 saturated heterocycles. The van der Waals surface area contributed by atoms with Gasteiger partial charge < -0.3 is 9.47 Å². The third-order valence-electron chi connectivity index (χ3n) is 1.69. The quantitative estimate of drug-likeness (QED) is 0.615. The molecule has 0 aromatic rings. The maximum absolute atomic E-state index is 8.15. The molecule has 0 radical (unpaired) electrons. The highest BCUT2D eigenvalue weighted by molar-refractivity contribution is 5.91. The molecule has 0 fully saturated rings. The maximum atomic E-state index is 8.15. The molecular formula is C9H16N2O2. The van der Waals surface area contributed by atoms with Crippen molar-refractivity contribution in [1.29, 1.82) is 0 Å². The highest BCUT2D eigenvalue weighted by Crippen LogP contribution is 2.13. The van der Waals surface area contributed by atoms with Gasteiger partial charge >= 0.3 is 0 Å². The van der Waals surface area contributed by atoms with Crippen LogP contribution in [0.2, 0.25) is 0 Å². The van der Waals surface area contributed by atoms with Crippen molar-refractivity contribution in [2.45, 2.75) is 19.9 Å². The molecule has 4 nitrogen and oxygen atoms in total. The lowest BCUT2D eigenvalue weighted by Gasteiger charge is -2.22. The first-order chi connectivity index (χ1) is 6.95. The van der Waals surface area contributed by atoms with E-state index in [0.29, 0.717) is 0 Å². The van der Waals surface area contributed by atoms with Crippen molar-refractivity contribution >= 4 is 11.8 Å². The van der Waals surface area contributed by atoms with Gasteiger partial charge in [-0.2, -0.15) is 0 Å². The Kier molecular flexibility index (Phi) is 2.41. The summed E-state index contributed by atoms with van der Waals surface area (Å²) in [6, 6.07) is -1.28. The standard InChI is InChI=1S/C9H16N2O2/c1-6(2)8-9(13-4)10-5-7(11-8)12-3/h6,8H,5H2,1-4H3/t8-/m0/s1/i5D,8D/t5?,8-. The Hall–Kier alpha value is -1.06. The number of aliphatic imine (C=N–C) groups is 2. The van der Waals surface area contributed by atoms with Crippen molar-refractivity contribution in [3.05, 3.63) is 0 Å². The second-order valence-electron chi connectivity index (χ2n) is 2.96. The van der Waals surface area contributed by atoms with E-state index in [2.05, 4.69) is 9.98 Å². The Bertz CT molecular complexity index is 304. The van der Waals surface area contributed by atoms with E-state index in [0.717, 1.165) is 0 Å². The Morgan fingerprint density at radius 1 is 1.54 bits per heavy atom. The average Bonchev–Trinajstić information content (AvgIpc) is 2.20. The molecule has 0 amide bonds. The van der Waals surface area contributed by atoms with Crippen molar-refractivity contribution in [1.82, 2.24) is 0 Å². The molecule has 1 rings (SSSR count). The van der Waals surface area contributed by atoms with Crippen LogP contribution in [-0.4, -0.2) is 38.6 Å². The lowest BCUT2D eigenvalue weighted by molar-refractivity contribution is 0.344. The lowest BCUT2D eigenvalue weighted by atomic mass is 10.0. The summed E-state index contributed by atoms with van der Waals surface area (Å²) < 4.78 is 25.7. The van der Waals surface area contributed by atoms with Gasteiger partial charge in [-0.3, -0.25) is 0 Å². The molecule has 1 aliphatic heterocycles. The van der Waals surface area contributed by atoms with E-state index in [1.165, 1.54) is 14.2 Å². The van der Waals surface area contributed by atoms with E-state index in [4.69, 9.17) is 12.2 Å². The predicted octanol–water partition coefficient (Wildman–Crippen LogP) is 1.11. The average molecular weight is 186 g/mol. The zero-order chi connectivity index (χ0) is 11.6. The third-order valence-corrected chi connectivity index (χ3v) is 1.69. The molecular weight excluding hydrogens is 168 g/mol. The highest BCUT2D eigenvalue weighted by Gasteiger charge is 2.24. The number of ether oxygens (including phenoxy) is 2. The summed E-state index contributed by atoms with van der Waals surface area (Å²) in [6.45, 7) is 2.77. The first-order valence-electron chi connectivity index (χ1n) is 5.21. The summed E-state index contributed by atoms with van der Waals surface area (Å²) in [4.78, 5) is 8.03. The highest BCUT2D eigenvalue weighted by atomic mass is 16.5. The molecule has 0 N–H and O–H groups in total. The summed E-state index contributed by atoms with van der Waals surface area (Å²) in [5.74, 6) is 0.214. The molecule has 13 heavy (non-hydrogen) atoms. The molecule has 0 aromatic carbocycles. The van der Waals surface area contributed by atoms with Crippen molar-refractivity contribution in [2.24, 2.45) is 15.9 Å². The molecule has 0 aromatic heterocycles. The first-order valence-corrected chi connectivity index (χ1v) is 4.14. The van der Waals surface area contributed by atoms with E-state index in [-0.39, 0.29) is 17.7 Å². The molecule has 0 saturated carbocycles. The molecule has 0 bridgehead atoms. The summed E-state index contributed by atoms with van der Waals surface area (Å²) in [7, 11) is 2.86. The maximum Gasteiger partial charge on any atom is 0.209 e. The van der Waals surface area contributed by atoms with Crippen molar-refractivity contribution in [2.75, 3.05) is 20.7 Å². The zero-order valence-electron chi connectivity index (χ0n) is 10.4. The van der Waals surface area contributed by atoms with Crippen LogP contribution >= 0.6 is 0 Å². The molecule has 0 spiro atoms. The number of hydrogen-bond donors (Lipinski definition) is 0. The van der Waals surface area contributed by atoms with Gasteiger partial charge in [0.2, 0.25) is 11.8 Å². The number of nitrogens with zero attached hydrogens (tertiary/aromatic N) is 2. The molecule has 4 heteroatoms. The van der Waals surface area contributed by atoms with Crippen LogP contribution in [0, 0.1) is 5.92 Å². The number of methoxy groups -OCH3 is 2. The minimum absolute atomic E-state index is 0.103. The fourth-order valence-corrected chi connectivity index (χ4v) is 1.01. The van der Waals surface area contributed by atoms with Gasteiger partial charge in [0.1, 0.15) is 12.5 Å². The Balaban J connectivity index is 3.12. The van der Waals surface area contributed by atoms with Crippen LogP contribution in [-0.2, 0) is 9.47 Å². The Morgan fingerprint density at radius 2 is 2.23 bits per heavy atom. The van der Waals surface area contributed by atoms with Gasteiger partial charge in [-0.25, -0.2) is 9.98 Å². The van der Waals surface area contributed by atoms with Crippen molar-refractivity contribution < 1.29 is 12.2 Å². The van der Waals surface area contributed by atoms with Gasteiger partial charge in [-0.1, -0.05) is 13.8 Å². The second-order valence-corrected chi connectivity index (χ2v) is 2.96. The van der Waals surface area contributed by atoms with Crippen LogP contribution < -0.4 is 0 Å². The van der Waals surface area contributed by atoms with Gasteiger partial charge in [0, 0.05) is 0 Å². The van der Waals surface area contributed by atoms with Gasteiger partial charge in [0.05, 0.1) is 17.0 Å². The summed E-state index contributed by atoms with van der Waals surface area (Å²) in [6.07, 6.45) is 0. The first kappa shape index (κ1) is 7.35. The van der Waals surface area contributed by atoms with Gasteiger partial charge in [0.15, 0.2) is 0 Å². The molecule has 1 heterocycles. The summed E-state index contributed by atoms with van der Waals surface area (Å²) >= 11 is 0. The molecule has 2 atom stereocenters. The normalized spacial score (nSPS) is 35.9. The van der Waals surface area contributed by atoms with E-state index in [1.807, 2.05) is 13.8 Å².